The highest BCUT2D eigenvalue weighted by Crippen LogP contribution is 2.31. The molecule has 1 saturated heterocycles. The third kappa shape index (κ3) is 5.20. The number of halogens is 1. The number of carbonyl (C=O) groups excluding carboxylic acids is 2. The smallest absolute Gasteiger partial charge is 0.322 e. The van der Waals surface area contributed by atoms with Crippen LogP contribution in [0, 0.1) is 12.7 Å². The van der Waals surface area contributed by atoms with Gasteiger partial charge in [0.25, 0.3) is 5.91 Å². The highest BCUT2D eigenvalue weighted by Gasteiger charge is 2.53. The molecular weight excluding hydrogens is 521 g/mol. The molecule has 0 aliphatic carbocycles. The van der Waals surface area contributed by atoms with E-state index < -0.39 is 38.4 Å². The lowest BCUT2D eigenvalue weighted by Gasteiger charge is -2.31. The average Bonchev–Trinajstić information content (AvgIpc) is 3.18. The van der Waals surface area contributed by atoms with Crippen molar-refractivity contribution >= 4 is 32.7 Å². The summed E-state index contributed by atoms with van der Waals surface area (Å²) in [7, 11) is -4.16. The number of urea groups is 1. The molecule has 3 amide bonds. The van der Waals surface area contributed by atoms with Gasteiger partial charge in [-0.1, -0.05) is 30.3 Å². The molecule has 1 aromatic heterocycles. The monoisotopic (exact) mass is 547 g/mol. The number of ether oxygens (including phenoxy) is 1. The minimum absolute atomic E-state index is 0.0395. The molecule has 2 unspecified atom stereocenters. The van der Waals surface area contributed by atoms with Gasteiger partial charge in [0.2, 0.25) is 0 Å². The van der Waals surface area contributed by atoms with Gasteiger partial charge in [0.1, 0.15) is 29.0 Å². The number of imide groups is 1. The molecular formula is C29H26FN3O5S. The average molecular weight is 548 g/mol. The molecule has 5 rings (SSSR count). The summed E-state index contributed by atoms with van der Waals surface area (Å²) in [5.74, 6) is -0.759. The SMILES string of the molecule is Cc1cc(COc2ccc(S(=O)(=O)C(Cc3ccc(F)cc3)C3(C)NC(=O)NC3=O)cc2)c2ccccc2n1. The van der Waals surface area contributed by atoms with Gasteiger partial charge in [0, 0.05) is 16.6 Å². The third-order valence-electron chi connectivity index (χ3n) is 6.90. The lowest BCUT2D eigenvalue weighted by Crippen LogP contribution is -2.57. The van der Waals surface area contributed by atoms with Gasteiger partial charge in [-0.15, -0.1) is 0 Å². The molecule has 0 saturated carbocycles. The van der Waals surface area contributed by atoms with Gasteiger partial charge >= 0.3 is 6.03 Å². The Morgan fingerprint density at radius 1 is 1.00 bits per heavy atom. The first-order chi connectivity index (χ1) is 18.6. The van der Waals surface area contributed by atoms with Crippen LogP contribution in [0.4, 0.5) is 9.18 Å². The van der Waals surface area contributed by atoms with E-state index in [1.54, 1.807) is 12.1 Å². The standard InChI is InChI=1S/C29H26FN3O5S/c1-18-15-20(24-5-3-4-6-25(24)31-18)17-38-22-11-13-23(14-12-22)39(36,37)26(16-19-7-9-21(30)10-8-19)29(2)27(34)32-28(35)33-29/h3-15,26H,16-17H2,1-2H3,(H2,32,33,34,35). The summed E-state index contributed by atoms with van der Waals surface area (Å²) in [6.45, 7) is 3.54. The molecule has 1 aliphatic rings. The molecule has 3 aromatic carbocycles. The Morgan fingerprint density at radius 2 is 1.69 bits per heavy atom. The maximum atomic E-state index is 13.9. The molecule has 1 fully saturated rings. The van der Waals surface area contributed by atoms with Gasteiger partial charge in [-0.25, -0.2) is 17.6 Å². The zero-order valence-corrected chi connectivity index (χ0v) is 22.1. The van der Waals surface area contributed by atoms with E-state index in [0.717, 1.165) is 22.2 Å². The van der Waals surface area contributed by atoms with Crippen LogP contribution >= 0.6 is 0 Å². The minimum atomic E-state index is -4.16. The fourth-order valence-corrected chi connectivity index (χ4v) is 6.85. The molecule has 0 bridgehead atoms. The lowest BCUT2D eigenvalue weighted by molar-refractivity contribution is -0.123. The van der Waals surface area contributed by atoms with E-state index in [-0.39, 0.29) is 17.9 Å². The molecule has 2 atom stereocenters. The number of benzene rings is 3. The van der Waals surface area contributed by atoms with Gasteiger partial charge in [-0.3, -0.25) is 15.1 Å². The van der Waals surface area contributed by atoms with Crippen LogP contribution in [0.5, 0.6) is 5.75 Å². The van der Waals surface area contributed by atoms with Crippen LogP contribution in [0.15, 0.2) is 83.8 Å². The number of fused-ring (bicyclic) bond motifs is 1. The second kappa shape index (κ2) is 10.1. The van der Waals surface area contributed by atoms with E-state index >= 15 is 0 Å². The Balaban J connectivity index is 1.42. The first kappa shape index (κ1) is 26.3. The Labute approximate surface area is 225 Å². The summed E-state index contributed by atoms with van der Waals surface area (Å²) in [6, 6.07) is 20.2. The van der Waals surface area contributed by atoms with E-state index in [1.807, 2.05) is 37.3 Å². The van der Waals surface area contributed by atoms with Crippen molar-refractivity contribution in [2.24, 2.45) is 0 Å². The van der Waals surface area contributed by atoms with Gasteiger partial charge in [-0.2, -0.15) is 0 Å². The largest absolute Gasteiger partial charge is 0.489 e. The van der Waals surface area contributed by atoms with Gasteiger partial charge in [-0.05, 0) is 74.4 Å². The summed E-state index contributed by atoms with van der Waals surface area (Å²) in [5, 5.41) is 4.21. The molecule has 10 heteroatoms. The van der Waals surface area contributed by atoms with Crippen LogP contribution in [0.1, 0.15) is 23.7 Å². The number of aromatic nitrogens is 1. The number of rotatable bonds is 8. The lowest BCUT2D eigenvalue weighted by atomic mass is 9.92. The van der Waals surface area contributed by atoms with Crippen molar-refractivity contribution in [2.45, 2.75) is 42.6 Å². The molecule has 1 aliphatic heterocycles. The summed E-state index contributed by atoms with van der Waals surface area (Å²) < 4.78 is 47.2. The van der Waals surface area contributed by atoms with Crippen molar-refractivity contribution in [1.29, 1.82) is 0 Å². The Morgan fingerprint density at radius 3 is 2.36 bits per heavy atom. The van der Waals surface area contributed by atoms with Crippen LogP contribution in [0.2, 0.25) is 0 Å². The second-order valence-corrected chi connectivity index (χ2v) is 11.8. The van der Waals surface area contributed by atoms with E-state index in [9.17, 15) is 22.4 Å². The van der Waals surface area contributed by atoms with Crippen LogP contribution in [-0.2, 0) is 27.7 Å². The van der Waals surface area contributed by atoms with Crippen LogP contribution in [0.3, 0.4) is 0 Å². The third-order valence-corrected chi connectivity index (χ3v) is 9.22. The predicted molar refractivity (Wildman–Crippen MR) is 143 cm³/mol. The van der Waals surface area contributed by atoms with Crippen LogP contribution in [-0.4, -0.2) is 36.1 Å². The van der Waals surface area contributed by atoms with Gasteiger partial charge < -0.3 is 10.1 Å². The topological polar surface area (TPSA) is 114 Å². The highest BCUT2D eigenvalue weighted by molar-refractivity contribution is 7.92. The molecule has 2 heterocycles. The number of para-hydroxylation sites is 1. The Kier molecular flexibility index (Phi) is 6.82. The number of aryl methyl sites for hydroxylation is 1. The fraction of sp³-hybridized carbons (Fsp3) is 0.207. The maximum Gasteiger partial charge on any atom is 0.322 e. The van der Waals surface area contributed by atoms with Crippen molar-refractivity contribution in [1.82, 2.24) is 15.6 Å². The summed E-state index contributed by atoms with van der Waals surface area (Å²) in [4.78, 5) is 29.2. The number of nitrogens with one attached hydrogen (secondary N) is 2. The first-order valence-corrected chi connectivity index (χ1v) is 13.8. The van der Waals surface area contributed by atoms with Gasteiger partial charge in [0.15, 0.2) is 9.84 Å². The molecule has 4 aromatic rings. The molecule has 0 spiro atoms. The van der Waals surface area contributed by atoms with Crippen LogP contribution in [0.25, 0.3) is 10.9 Å². The fourth-order valence-electron chi connectivity index (χ4n) is 4.81. The number of pyridine rings is 1. The zero-order chi connectivity index (χ0) is 27.8. The first-order valence-electron chi connectivity index (χ1n) is 12.3. The predicted octanol–water partition coefficient (Wildman–Crippen LogP) is 4.24. The van der Waals surface area contributed by atoms with Crippen molar-refractivity contribution in [3.05, 3.63) is 102 Å². The Hall–Kier alpha value is -4.31. The van der Waals surface area contributed by atoms with Crippen molar-refractivity contribution in [2.75, 3.05) is 0 Å². The minimum Gasteiger partial charge on any atom is -0.489 e. The molecule has 2 N–H and O–H groups in total. The summed E-state index contributed by atoms with van der Waals surface area (Å²) >= 11 is 0. The summed E-state index contributed by atoms with van der Waals surface area (Å²) in [5.41, 5.74) is 1.43. The van der Waals surface area contributed by atoms with Crippen LogP contribution < -0.4 is 15.4 Å². The number of hydrogen-bond acceptors (Lipinski definition) is 6. The number of sulfone groups is 1. The Bertz CT molecular complexity index is 1670. The quantitative estimate of drug-likeness (QED) is 0.319. The number of amides is 3. The molecule has 0 radical (unpaired) electrons. The van der Waals surface area contributed by atoms with E-state index in [4.69, 9.17) is 4.74 Å². The zero-order valence-electron chi connectivity index (χ0n) is 21.3. The van der Waals surface area contributed by atoms with E-state index in [1.165, 1.54) is 43.3 Å². The normalized spacial score (nSPS) is 18.0. The molecule has 8 nitrogen and oxygen atoms in total. The van der Waals surface area contributed by atoms with E-state index in [2.05, 4.69) is 15.6 Å². The second-order valence-electron chi connectivity index (χ2n) is 9.67. The highest BCUT2D eigenvalue weighted by atomic mass is 32.2. The number of hydrogen-bond donors (Lipinski definition) is 2. The maximum absolute atomic E-state index is 13.9. The summed E-state index contributed by atoms with van der Waals surface area (Å²) in [6.07, 6.45) is -0.125. The van der Waals surface area contributed by atoms with Crippen molar-refractivity contribution < 1.29 is 27.1 Å². The van der Waals surface area contributed by atoms with Crippen molar-refractivity contribution in [3.8, 4) is 5.75 Å². The van der Waals surface area contributed by atoms with Crippen molar-refractivity contribution in [3.63, 3.8) is 0 Å². The molecule has 39 heavy (non-hydrogen) atoms. The number of carbonyl (C=O) groups is 2. The van der Waals surface area contributed by atoms with E-state index in [0.29, 0.717) is 11.3 Å². The van der Waals surface area contributed by atoms with Gasteiger partial charge in [0.05, 0.1) is 10.4 Å². The molecule has 200 valence electrons. The number of nitrogens with zero attached hydrogens (tertiary/aromatic N) is 1.